The Kier molecular flexibility index (Phi) is 8.33. The van der Waals surface area contributed by atoms with Gasteiger partial charge < -0.3 is 9.47 Å². The van der Waals surface area contributed by atoms with Gasteiger partial charge in [0.2, 0.25) is 0 Å². The standard InChI is InChI=1S/C13H32N2Si/c1-7-10-11-14(8-2)12-13-15(9-3)16(4,5)6/h7-13H2,1-6H3. The largest absolute Gasteiger partial charge is 0.323 e. The molecule has 0 heterocycles. The van der Waals surface area contributed by atoms with Crippen LogP contribution in [-0.4, -0.2) is 50.4 Å². The van der Waals surface area contributed by atoms with Crippen molar-refractivity contribution in [3.05, 3.63) is 0 Å². The minimum absolute atomic E-state index is 1.09. The second kappa shape index (κ2) is 8.26. The van der Waals surface area contributed by atoms with E-state index in [0.717, 1.165) is 0 Å². The van der Waals surface area contributed by atoms with E-state index in [0.29, 0.717) is 0 Å². The van der Waals surface area contributed by atoms with E-state index in [1.54, 1.807) is 0 Å². The lowest BCUT2D eigenvalue weighted by molar-refractivity contribution is 0.257. The van der Waals surface area contributed by atoms with Crippen molar-refractivity contribution in [1.82, 2.24) is 9.47 Å². The van der Waals surface area contributed by atoms with E-state index >= 15 is 0 Å². The average molecular weight is 244 g/mol. The highest BCUT2D eigenvalue weighted by Crippen LogP contribution is 2.08. The Hall–Kier alpha value is 0.137. The van der Waals surface area contributed by atoms with Crippen LogP contribution in [0.3, 0.4) is 0 Å². The van der Waals surface area contributed by atoms with Crippen LogP contribution in [0.15, 0.2) is 0 Å². The molecule has 0 aromatic rings. The van der Waals surface area contributed by atoms with E-state index in [-0.39, 0.29) is 0 Å². The maximum atomic E-state index is 2.70. The zero-order valence-electron chi connectivity index (χ0n) is 12.3. The number of hydrogen-bond donors (Lipinski definition) is 0. The molecule has 0 radical (unpaired) electrons. The topological polar surface area (TPSA) is 6.48 Å². The third-order valence-electron chi connectivity index (χ3n) is 3.29. The van der Waals surface area contributed by atoms with E-state index in [1.807, 2.05) is 0 Å². The van der Waals surface area contributed by atoms with Crippen molar-refractivity contribution in [2.75, 3.05) is 32.7 Å². The van der Waals surface area contributed by atoms with Crippen LogP contribution in [0.25, 0.3) is 0 Å². The molecule has 0 spiro atoms. The van der Waals surface area contributed by atoms with E-state index in [9.17, 15) is 0 Å². The summed E-state index contributed by atoms with van der Waals surface area (Å²) in [7, 11) is -1.09. The third kappa shape index (κ3) is 6.66. The first-order chi connectivity index (χ1) is 7.45. The van der Waals surface area contributed by atoms with Gasteiger partial charge in [0, 0.05) is 13.1 Å². The molecule has 0 unspecified atom stereocenters. The van der Waals surface area contributed by atoms with Crippen molar-refractivity contribution in [1.29, 1.82) is 0 Å². The zero-order chi connectivity index (χ0) is 12.6. The maximum Gasteiger partial charge on any atom is 0.119 e. The molecule has 16 heavy (non-hydrogen) atoms. The monoisotopic (exact) mass is 244 g/mol. The van der Waals surface area contributed by atoms with Gasteiger partial charge >= 0.3 is 0 Å². The summed E-state index contributed by atoms with van der Waals surface area (Å²) in [5, 5.41) is 0. The third-order valence-corrected chi connectivity index (χ3v) is 5.73. The van der Waals surface area contributed by atoms with Crippen LogP contribution in [0.4, 0.5) is 0 Å². The molecule has 0 aromatic heterocycles. The molecule has 2 nitrogen and oxygen atoms in total. The molecule has 0 atom stereocenters. The first-order valence-electron chi connectivity index (χ1n) is 6.93. The lowest BCUT2D eigenvalue weighted by Crippen LogP contribution is -2.49. The van der Waals surface area contributed by atoms with E-state index in [4.69, 9.17) is 0 Å². The molecule has 0 saturated carbocycles. The predicted molar refractivity (Wildman–Crippen MR) is 77.6 cm³/mol. The first kappa shape index (κ1) is 16.1. The summed E-state index contributed by atoms with van der Waals surface area (Å²) in [6.45, 7) is 20.4. The molecule has 3 heteroatoms. The molecule has 98 valence electrons. The van der Waals surface area contributed by atoms with Gasteiger partial charge in [-0.05, 0) is 26.1 Å². The van der Waals surface area contributed by atoms with Gasteiger partial charge in [-0.1, -0.05) is 46.8 Å². The predicted octanol–water partition coefficient (Wildman–Crippen LogP) is 3.27. The Bertz CT molecular complexity index is 166. The van der Waals surface area contributed by atoms with Crippen LogP contribution in [0.1, 0.15) is 33.6 Å². The molecule has 0 aliphatic heterocycles. The Morgan fingerprint density at radius 1 is 0.812 bits per heavy atom. The van der Waals surface area contributed by atoms with Crippen LogP contribution in [0.5, 0.6) is 0 Å². The molecule has 0 rings (SSSR count). The van der Waals surface area contributed by atoms with Crippen LogP contribution in [0.2, 0.25) is 19.6 Å². The Labute approximate surface area is 104 Å². The van der Waals surface area contributed by atoms with Crippen molar-refractivity contribution in [2.45, 2.75) is 53.3 Å². The fraction of sp³-hybridized carbons (Fsp3) is 1.00. The lowest BCUT2D eigenvalue weighted by atomic mass is 10.3. The second-order valence-corrected chi connectivity index (χ2v) is 10.5. The quantitative estimate of drug-likeness (QED) is 0.574. The zero-order valence-corrected chi connectivity index (χ0v) is 13.3. The van der Waals surface area contributed by atoms with Gasteiger partial charge in [0.15, 0.2) is 0 Å². The van der Waals surface area contributed by atoms with Gasteiger partial charge in [-0.25, -0.2) is 0 Å². The molecule has 0 aliphatic rings. The van der Waals surface area contributed by atoms with Crippen LogP contribution in [0, 0.1) is 0 Å². The van der Waals surface area contributed by atoms with Gasteiger partial charge in [0.25, 0.3) is 0 Å². The summed E-state index contributed by atoms with van der Waals surface area (Å²) in [6.07, 6.45) is 2.65. The van der Waals surface area contributed by atoms with Gasteiger partial charge in [0.05, 0.1) is 0 Å². The first-order valence-corrected chi connectivity index (χ1v) is 10.4. The molecular formula is C13H32N2Si. The molecule has 0 N–H and O–H groups in total. The summed E-state index contributed by atoms with van der Waals surface area (Å²) in [5.41, 5.74) is 0. The van der Waals surface area contributed by atoms with Crippen LogP contribution < -0.4 is 0 Å². The van der Waals surface area contributed by atoms with Gasteiger partial charge in [-0.3, -0.25) is 0 Å². The minimum atomic E-state index is -1.09. The molecular weight excluding hydrogens is 212 g/mol. The normalized spacial score (nSPS) is 12.8. The van der Waals surface area contributed by atoms with E-state index in [2.05, 4.69) is 49.9 Å². The maximum absolute atomic E-state index is 2.70. The summed E-state index contributed by atoms with van der Waals surface area (Å²) in [5.74, 6) is 0. The van der Waals surface area contributed by atoms with E-state index in [1.165, 1.54) is 45.6 Å². The summed E-state index contributed by atoms with van der Waals surface area (Å²) in [6, 6.07) is 0. The Morgan fingerprint density at radius 2 is 1.44 bits per heavy atom. The summed E-state index contributed by atoms with van der Waals surface area (Å²) < 4.78 is 2.70. The van der Waals surface area contributed by atoms with Gasteiger partial charge in [-0.2, -0.15) is 0 Å². The Morgan fingerprint density at radius 3 is 1.81 bits per heavy atom. The van der Waals surface area contributed by atoms with Crippen LogP contribution >= 0.6 is 0 Å². The van der Waals surface area contributed by atoms with E-state index < -0.39 is 8.24 Å². The average Bonchev–Trinajstić information content (AvgIpc) is 2.21. The molecule has 0 amide bonds. The lowest BCUT2D eigenvalue weighted by Gasteiger charge is -2.34. The minimum Gasteiger partial charge on any atom is -0.323 e. The highest BCUT2D eigenvalue weighted by atomic mass is 28.3. The smallest absolute Gasteiger partial charge is 0.119 e. The number of hydrogen-bond acceptors (Lipinski definition) is 2. The van der Waals surface area contributed by atoms with Crippen molar-refractivity contribution in [3.63, 3.8) is 0 Å². The second-order valence-electron chi connectivity index (χ2n) is 5.54. The van der Waals surface area contributed by atoms with Gasteiger partial charge in [-0.15, -0.1) is 0 Å². The summed E-state index contributed by atoms with van der Waals surface area (Å²) in [4.78, 5) is 2.59. The Balaban J connectivity index is 3.98. The number of rotatable bonds is 9. The van der Waals surface area contributed by atoms with Crippen molar-refractivity contribution < 1.29 is 0 Å². The number of likely N-dealkylation sites (N-methyl/N-ethyl adjacent to an activating group) is 2. The number of nitrogens with zero attached hydrogens (tertiary/aromatic N) is 2. The van der Waals surface area contributed by atoms with Gasteiger partial charge in [0.1, 0.15) is 8.24 Å². The number of unbranched alkanes of at least 4 members (excludes halogenated alkanes) is 1. The molecule has 0 fully saturated rings. The fourth-order valence-electron chi connectivity index (χ4n) is 2.04. The fourth-order valence-corrected chi connectivity index (χ4v) is 3.76. The van der Waals surface area contributed by atoms with Crippen LogP contribution in [-0.2, 0) is 0 Å². The van der Waals surface area contributed by atoms with Crippen molar-refractivity contribution >= 4 is 8.24 Å². The molecule has 0 aliphatic carbocycles. The highest BCUT2D eigenvalue weighted by molar-refractivity contribution is 6.73. The summed E-state index contributed by atoms with van der Waals surface area (Å²) >= 11 is 0. The molecule has 0 saturated heterocycles. The molecule has 0 aromatic carbocycles. The van der Waals surface area contributed by atoms with Crippen molar-refractivity contribution in [3.8, 4) is 0 Å². The highest BCUT2D eigenvalue weighted by Gasteiger charge is 2.22. The van der Waals surface area contributed by atoms with Crippen molar-refractivity contribution in [2.24, 2.45) is 0 Å². The SMILES string of the molecule is CCCCN(CC)CCN(CC)[Si](C)(C)C. The molecule has 0 bridgehead atoms.